The molecule has 0 bridgehead atoms. The van der Waals surface area contributed by atoms with Gasteiger partial charge in [-0.2, -0.15) is 13.2 Å². The highest BCUT2D eigenvalue weighted by atomic mass is 35.5. The lowest BCUT2D eigenvalue weighted by Gasteiger charge is -2.44. The van der Waals surface area contributed by atoms with Gasteiger partial charge in [0.25, 0.3) is 5.69 Å². The maximum atomic E-state index is 14.0. The third kappa shape index (κ3) is 4.45. The first kappa shape index (κ1) is 24.2. The minimum Gasteiger partial charge on any atom is -0.459 e. The van der Waals surface area contributed by atoms with Gasteiger partial charge in [-0.15, -0.1) is 0 Å². The van der Waals surface area contributed by atoms with E-state index < -0.39 is 40.6 Å². The summed E-state index contributed by atoms with van der Waals surface area (Å²) in [4.78, 5) is 35.8. The topological polar surface area (TPSA) is 135 Å². The Hall–Kier alpha value is -3.90. The molecule has 0 aliphatic carbocycles. The van der Waals surface area contributed by atoms with Crippen molar-refractivity contribution in [2.24, 2.45) is 5.92 Å². The molecule has 13 heteroatoms. The molecule has 1 aromatic heterocycles. The van der Waals surface area contributed by atoms with Gasteiger partial charge in [-0.3, -0.25) is 14.9 Å². The number of hydrogen-bond donors (Lipinski definition) is 3. The molecule has 3 aromatic rings. The van der Waals surface area contributed by atoms with Crippen LogP contribution in [0.25, 0.3) is 11.3 Å². The molecule has 3 unspecified atom stereocenters. The lowest BCUT2D eigenvalue weighted by Crippen LogP contribution is -2.72. The highest BCUT2D eigenvalue weighted by Gasteiger charge is 2.66. The van der Waals surface area contributed by atoms with Gasteiger partial charge in [-0.25, -0.2) is 4.79 Å². The molecule has 1 saturated heterocycles. The van der Waals surface area contributed by atoms with Gasteiger partial charge in [0.05, 0.1) is 4.92 Å². The van der Waals surface area contributed by atoms with Crippen LogP contribution in [0.1, 0.15) is 22.2 Å². The van der Waals surface area contributed by atoms with Crippen molar-refractivity contribution in [3.63, 3.8) is 0 Å². The van der Waals surface area contributed by atoms with Gasteiger partial charge in [0.1, 0.15) is 23.5 Å². The number of urea groups is 1. The van der Waals surface area contributed by atoms with Crippen molar-refractivity contribution in [3.05, 3.63) is 87.1 Å². The van der Waals surface area contributed by atoms with Crippen LogP contribution in [0.15, 0.2) is 65.1 Å². The molecule has 1 aliphatic heterocycles. The van der Waals surface area contributed by atoms with E-state index in [9.17, 15) is 38.0 Å². The number of aliphatic hydroxyl groups is 1. The number of nitro benzene ring substituents is 1. The largest absolute Gasteiger partial charge is 0.459 e. The molecule has 0 saturated carbocycles. The third-order valence-electron chi connectivity index (χ3n) is 5.49. The number of halogens is 4. The number of rotatable bonds is 5. The Morgan fingerprint density at radius 1 is 1.14 bits per heavy atom. The molecule has 1 aliphatic rings. The van der Waals surface area contributed by atoms with E-state index in [1.54, 1.807) is 0 Å². The number of ketones is 1. The smallest absolute Gasteiger partial charge is 0.437 e. The Morgan fingerprint density at radius 2 is 1.83 bits per heavy atom. The van der Waals surface area contributed by atoms with E-state index in [0.717, 1.165) is 0 Å². The number of benzene rings is 2. The second kappa shape index (κ2) is 8.71. The number of Topliss-reactive ketones (excluding diaryl/α,β-unsaturated/α-hetero) is 1. The Kier molecular flexibility index (Phi) is 6.03. The van der Waals surface area contributed by atoms with Gasteiger partial charge in [-0.05, 0) is 36.4 Å². The lowest BCUT2D eigenvalue weighted by atomic mass is 9.79. The van der Waals surface area contributed by atoms with Crippen LogP contribution in [0.5, 0.6) is 0 Å². The maximum absolute atomic E-state index is 14.0. The first-order valence-corrected chi connectivity index (χ1v) is 10.3. The first-order chi connectivity index (χ1) is 16.4. The van der Waals surface area contributed by atoms with Crippen molar-refractivity contribution < 1.29 is 37.2 Å². The quantitative estimate of drug-likeness (QED) is 0.261. The summed E-state index contributed by atoms with van der Waals surface area (Å²) in [6, 6.07) is 9.64. The number of nitrogens with zero attached hydrogens (tertiary/aromatic N) is 1. The summed E-state index contributed by atoms with van der Waals surface area (Å²) in [6.07, 6.45) is -5.44. The van der Waals surface area contributed by atoms with Crippen molar-refractivity contribution in [2.75, 3.05) is 0 Å². The SMILES string of the molecule is O=C1NC(c2ccc(-c3cccc([N+](=O)[O-])c3)o2)C(C(=O)c2ccc(Cl)cc2)C(O)(C(F)(F)F)N1. The number of nitro groups is 1. The van der Waals surface area contributed by atoms with Crippen molar-refractivity contribution in [3.8, 4) is 11.3 Å². The molecular weight excluding hydrogens is 495 g/mol. The van der Waals surface area contributed by atoms with Gasteiger partial charge in [0, 0.05) is 28.3 Å². The molecule has 0 radical (unpaired) electrons. The van der Waals surface area contributed by atoms with Crippen molar-refractivity contribution in [2.45, 2.75) is 17.9 Å². The Balaban J connectivity index is 1.80. The molecule has 182 valence electrons. The molecule has 2 aromatic carbocycles. The van der Waals surface area contributed by atoms with Crippen LogP contribution in [-0.2, 0) is 0 Å². The molecule has 3 N–H and O–H groups in total. The van der Waals surface area contributed by atoms with Crippen LogP contribution >= 0.6 is 11.6 Å². The number of non-ortho nitro benzene ring substituents is 1. The molecule has 9 nitrogen and oxygen atoms in total. The molecular formula is C22H15ClF3N3O6. The van der Waals surface area contributed by atoms with Crippen LogP contribution in [0, 0.1) is 16.0 Å². The second-order valence-electron chi connectivity index (χ2n) is 7.70. The number of nitrogens with one attached hydrogen (secondary N) is 2. The first-order valence-electron chi connectivity index (χ1n) is 9.93. The summed E-state index contributed by atoms with van der Waals surface area (Å²) in [5, 5.41) is 25.5. The van der Waals surface area contributed by atoms with Crippen molar-refractivity contribution in [1.29, 1.82) is 0 Å². The van der Waals surface area contributed by atoms with Crippen LogP contribution in [0.3, 0.4) is 0 Å². The van der Waals surface area contributed by atoms with Gasteiger partial charge >= 0.3 is 12.2 Å². The highest BCUT2D eigenvalue weighted by molar-refractivity contribution is 6.30. The van der Waals surface area contributed by atoms with E-state index in [1.165, 1.54) is 66.0 Å². The predicted octanol–water partition coefficient (Wildman–Crippen LogP) is 4.61. The summed E-state index contributed by atoms with van der Waals surface area (Å²) in [5.74, 6) is -3.70. The van der Waals surface area contributed by atoms with E-state index in [2.05, 4.69) is 5.32 Å². The summed E-state index contributed by atoms with van der Waals surface area (Å²) >= 11 is 5.80. The predicted molar refractivity (Wildman–Crippen MR) is 115 cm³/mol. The minimum atomic E-state index is -5.44. The van der Waals surface area contributed by atoms with Crippen LogP contribution < -0.4 is 10.6 Å². The Labute approximate surface area is 199 Å². The zero-order valence-electron chi connectivity index (χ0n) is 17.4. The second-order valence-corrected chi connectivity index (χ2v) is 8.13. The van der Waals surface area contributed by atoms with Gasteiger partial charge in [0.2, 0.25) is 5.72 Å². The fourth-order valence-corrected chi connectivity index (χ4v) is 3.94. The standard InChI is InChI=1S/C22H15ClF3N3O6/c23-13-6-4-11(5-7-13)19(30)17-18(27-20(31)28-21(17,32)22(24,25)26)16-9-8-15(35-16)12-2-1-3-14(10-12)29(33)34/h1-10,17-18,32H,(H2,27,28,31). The van der Waals surface area contributed by atoms with E-state index in [4.69, 9.17) is 16.0 Å². The monoisotopic (exact) mass is 509 g/mol. The number of alkyl halides is 3. The average Bonchev–Trinajstić information content (AvgIpc) is 3.28. The zero-order chi connectivity index (χ0) is 25.5. The number of furan rings is 1. The summed E-state index contributed by atoms with van der Waals surface area (Å²) in [6.45, 7) is 0. The van der Waals surface area contributed by atoms with E-state index in [1.807, 2.05) is 0 Å². The van der Waals surface area contributed by atoms with Gasteiger partial charge in [0.15, 0.2) is 5.78 Å². The Morgan fingerprint density at radius 3 is 2.46 bits per heavy atom. The number of carbonyl (C=O) groups excluding carboxylic acids is 2. The number of carbonyl (C=O) groups is 2. The van der Waals surface area contributed by atoms with Crippen molar-refractivity contribution in [1.82, 2.24) is 10.6 Å². The summed E-state index contributed by atoms with van der Waals surface area (Å²) < 4.78 is 47.6. The molecule has 2 heterocycles. The number of amides is 2. The number of hydrogen-bond acceptors (Lipinski definition) is 6. The summed E-state index contributed by atoms with van der Waals surface area (Å²) in [7, 11) is 0. The van der Waals surface area contributed by atoms with Gasteiger partial charge in [-0.1, -0.05) is 23.7 Å². The average molecular weight is 510 g/mol. The summed E-state index contributed by atoms with van der Waals surface area (Å²) in [5.41, 5.74) is -4.15. The molecule has 35 heavy (non-hydrogen) atoms. The van der Waals surface area contributed by atoms with E-state index in [-0.39, 0.29) is 33.4 Å². The highest BCUT2D eigenvalue weighted by Crippen LogP contribution is 2.44. The molecule has 1 fully saturated rings. The van der Waals surface area contributed by atoms with E-state index in [0.29, 0.717) is 0 Å². The maximum Gasteiger partial charge on any atom is 0.437 e. The molecule has 0 spiro atoms. The zero-order valence-corrected chi connectivity index (χ0v) is 18.1. The molecule has 2 amide bonds. The van der Waals surface area contributed by atoms with Gasteiger partial charge < -0.3 is 20.2 Å². The third-order valence-corrected chi connectivity index (χ3v) is 5.74. The fraction of sp³-hybridized carbons (Fsp3) is 0.182. The van der Waals surface area contributed by atoms with Crippen LogP contribution in [0.2, 0.25) is 5.02 Å². The van der Waals surface area contributed by atoms with Crippen LogP contribution in [-0.4, -0.2) is 33.7 Å². The van der Waals surface area contributed by atoms with Crippen LogP contribution in [0.4, 0.5) is 23.7 Å². The lowest BCUT2D eigenvalue weighted by molar-refractivity contribution is -0.384. The van der Waals surface area contributed by atoms with Crippen molar-refractivity contribution >= 4 is 29.1 Å². The molecule has 3 atom stereocenters. The Bertz CT molecular complexity index is 1310. The normalized spacial score (nSPS) is 22.3. The molecule has 4 rings (SSSR count). The minimum absolute atomic E-state index is 0.0322. The van der Waals surface area contributed by atoms with E-state index >= 15 is 0 Å². The fourth-order valence-electron chi connectivity index (χ4n) is 3.82.